The van der Waals surface area contributed by atoms with Crippen LogP contribution in [-0.2, 0) is 9.53 Å². The van der Waals surface area contributed by atoms with Crippen LogP contribution in [0.2, 0.25) is 0 Å². The van der Waals surface area contributed by atoms with E-state index in [2.05, 4.69) is 4.98 Å². The monoisotopic (exact) mass is 507 g/mol. The molecule has 36 heavy (non-hydrogen) atoms. The molecule has 0 aliphatic carbocycles. The lowest BCUT2D eigenvalue weighted by atomic mass is 9.89. The van der Waals surface area contributed by atoms with Gasteiger partial charge < -0.3 is 19.3 Å². The highest BCUT2D eigenvalue weighted by molar-refractivity contribution is 5.99. The first-order valence-electron chi connectivity index (χ1n) is 12.1. The summed E-state index contributed by atoms with van der Waals surface area (Å²) in [5, 5.41) is 10.3. The molecule has 0 aliphatic rings. The van der Waals surface area contributed by atoms with Crippen molar-refractivity contribution >= 4 is 11.8 Å². The normalized spacial score (nSPS) is 13.8. The number of halogens is 2. The van der Waals surface area contributed by atoms with Crippen LogP contribution in [0.3, 0.4) is 0 Å². The summed E-state index contributed by atoms with van der Waals surface area (Å²) in [4.78, 5) is 30.0. The molecule has 0 fully saturated rings. The molecule has 0 bridgehead atoms. The van der Waals surface area contributed by atoms with Crippen LogP contribution in [0.1, 0.15) is 64.4 Å². The molecule has 0 amide bonds. The second-order valence-corrected chi connectivity index (χ2v) is 9.06. The maximum atomic E-state index is 14.3. The molecule has 0 spiro atoms. The number of pyridine rings is 1. The van der Waals surface area contributed by atoms with E-state index in [0.717, 1.165) is 18.2 Å². The molecular formula is C27H35F2NO6. The summed E-state index contributed by atoms with van der Waals surface area (Å²) < 4.78 is 44.6. The number of nitrogens with zero attached hydrogens (tertiary/aromatic N) is 1. The minimum atomic E-state index is -0.833. The number of methoxy groups -OCH3 is 1. The number of aromatic nitrogens is 1. The number of ketones is 1. The Morgan fingerprint density at radius 3 is 2.31 bits per heavy atom. The predicted molar refractivity (Wildman–Crippen MR) is 130 cm³/mol. The summed E-state index contributed by atoms with van der Waals surface area (Å²) in [6.07, 6.45) is 0.850. The van der Waals surface area contributed by atoms with Crippen molar-refractivity contribution in [2.24, 2.45) is 17.8 Å². The summed E-state index contributed by atoms with van der Waals surface area (Å²) in [5.41, 5.74) is -0.194. The van der Waals surface area contributed by atoms with Crippen molar-refractivity contribution in [1.82, 2.24) is 4.98 Å². The van der Waals surface area contributed by atoms with Gasteiger partial charge in [0, 0.05) is 24.8 Å². The van der Waals surface area contributed by atoms with Gasteiger partial charge in [-0.15, -0.1) is 0 Å². The highest BCUT2D eigenvalue weighted by atomic mass is 19.1. The van der Waals surface area contributed by atoms with Gasteiger partial charge in [0.2, 0.25) is 0 Å². The molecule has 0 aliphatic heterocycles. The van der Waals surface area contributed by atoms with Gasteiger partial charge in [0.25, 0.3) is 0 Å². The van der Waals surface area contributed by atoms with Crippen LogP contribution >= 0.6 is 0 Å². The molecular weight excluding hydrogens is 472 g/mol. The molecule has 1 N–H and O–H groups in total. The van der Waals surface area contributed by atoms with E-state index in [4.69, 9.17) is 14.2 Å². The van der Waals surface area contributed by atoms with Crippen LogP contribution in [0.15, 0.2) is 30.5 Å². The molecule has 0 saturated carbocycles. The van der Waals surface area contributed by atoms with E-state index < -0.39 is 47.3 Å². The Hall–Kier alpha value is -3.23. The first-order chi connectivity index (χ1) is 17.0. The number of Topliss-reactive ketones (excluding diaryl/α,β-unsaturated/α-hetero) is 1. The van der Waals surface area contributed by atoms with Crippen LogP contribution in [-0.4, -0.2) is 41.2 Å². The van der Waals surface area contributed by atoms with Crippen LogP contribution in [0.25, 0.3) is 0 Å². The van der Waals surface area contributed by atoms with E-state index in [1.807, 2.05) is 13.8 Å². The number of carbonyl (C=O) groups is 2. The van der Waals surface area contributed by atoms with Crippen molar-refractivity contribution in [3.63, 3.8) is 0 Å². The standard InChI is InChI=1S/C27H35F2NO6/c1-7-17(8-2)26(36-23-13-18(28)9-10-20(23)29)16(5)35-27(33)19(15(3)4)14-21(31)24-25(32)22(34-6)11-12-30-24/h9-13,15-17,19,26,32H,7-8,14H2,1-6H3/t16-,19-,26-/m0/s1. The van der Waals surface area contributed by atoms with Crippen molar-refractivity contribution in [3.05, 3.63) is 47.8 Å². The van der Waals surface area contributed by atoms with Crippen LogP contribution in [0.5, 0.6) is 17.2 Å². The SMILES string of the molecule is CCC(CC)[C@@H](Oc1cc(F)ccc1F)[C@H](C)OC(=O)[C@@H](CC(=O)c1nccc(OC)c1O)C(C)C. The molecule has 3 atom stereocenters. The lowest BCUT2D eigenvalue weighted by Crippen LogP contribution is -2.41. The van der Waals surface area contributed by atoms with E-state index >= 15 is 0 Å². The third-order valence-corrected chi connectivity index (χ3v) is 6.32. The molecule has 7 nitrogen and oxygen atoms in total. The zero-order valence-electron chi connectivity index (χ0n) is 21.6. The Morgan fingerprint density at radius 2 is 1.72 bits per heavy atom. The van der Waals surface area contributed by atoms with Crippen molar-refractivity contribution in [2.45, 2.75) is 66.1 Å². The topological polar surface area (TPSA) is 95.0 Å². The van der Waals surface area contributed by atoms with E-state index in [1.165, 1.54) is 19.4 Å². The summed E-state index contributed by atoms with van der Waals surface area (Å²) >= 11 is 0. The molecule has 0 unspecified atom stereocenters. The van der Waals surface area contributed by atoms with Gasteiger partial charge in [-0.05, 0) is 43.7 Å². The minimum Gasteiger partial charge on any atom is -0.503 e. The number of hydrogen-bond donors (Lipinski definition) is 1. The second kappa shape index (κ2) is 13.2. The first kappa shape index (κ1) is 29.0. The molecule has 9 heteroatoms. The van der Waals surface area contributed by atoms with Crippen molar-refractivity contribution in [1.29, 1.82) is 0 Å². The third-order valence-electron chi connectivity index (χ3n) is 6.32. The first-order valence-corrected chi connectivity index (χ1v) is 12.1. The molecule has 198 valence electrons. The van der Waals surface area contributed by atoms with Gasteiger partial charge in [0.1, 0.15) is 18.0 Å². The number of benzene rings is 1. The highest BCUT2D eigenvalue weighted by Gasteiger charge is 2.35. The Bertz CT molecular complexity index is 1040. The number of rotatable bonds is 13. The van der Waals surface area contributed by atoms with Gasteiger partial charge in [-0.1, -0.05) is 27.7 Å². The van der Waals surface area contributed by atoms with Crippen LogP contribution in [0.4, 0.5) is 8.78 Å². The molecule has 1 heterocycles. The summed E-state index contributed by atoms with van der Waals surface area (Å²) in [5.74, 6) is -4.30. The van der Waals surface area contributed by atoms with Gasteiger partial charge in [-0.3, -0.25) is 9.59 Å². The van der Waals surface area contributed by atoms with Crippen LogP contribution in [0, 0.1) is 29.4 Å². The molecule has 1 aromatic heterocycles. The second-order valence-electron chi connectivity index (χ2n) is 9.06. The maximum absolute atomic E-state index is 14.3. The Labute approximate surface area is 210 Å². The number of carbonyl (C=O) groups excluding carboxylic acids is 2. The zero-order valence-corrected chi connectivity index (χ0v) is 21.6. The van der Waals surface area contributed by atoms with E-state index in [9.17, 15) is 23.5 Å². The van der Waals surface area contributed by atoms with Gasteiger partial charge in [-0.2, -0.15) is 0 Å². The summed E-state index contributed by atoms with van der Waals surface area (Å²) in [6, 6.07) is 4.36. The fourth-order valence-corrected chi connectivity index (χ4v) is 4.07. The molecule has 2 rings (SSSR count). The molecule has 1 aromatic carbocycles. The Kier molecular flexibility index (Phi) is 10.6. The fourth-order valence-electron chi connectivity index (χ4n) is 4.07. The highest BCUT2D eigenvalue weighted by Crippen LogP contribution is 2.31. The number of hydrogen-bond acceptors (Lipinski definition) is 7. The Morgan fingerprint density at radius 1 is 1.06 bits per heavy atom. The fraction of sp³-hybridized carbons (Fsp3) is 0.519. The average Bonchev–Trinajstić information content (AvgIpc) is 2.84. The van der Waals surface area contributed by atoms with E-state index in [-0.39, 0.29) is 35.4 Å². The van der Waals surface area contributed by atoms with Crippen molar-refractivity contribution in [2.75, 3.05) is 7.11 Å². The summed E-state index contributed by atoms with van der Waals surface area (Å²) in [7, 11) is 1.35. The lowest BCUT2D eigenvalue weighted by Gasteiger charge is -2.32. The largest absolute Gasteiger partial charge is 0.503 e. The smallest absolute Gasteiger partial charge is 0.310 e. The molecule has 0 saturated heterocycles. The zero-order chi connectivity index (χ0) is 27.0. The number of ether oxygens (including phenoxy) is 3. The number of esters is 1. The van der Waals surface area contributed by atoms with Gasteiger partial charge in [-0.25, -0.2) is 13.8 Å². The van der Waals surface area contributed by atoms with Gasteiger partial charge >= 0.3 is 5.97 Å². The number of aromatic hydroxyl groups is 1. The molecule has 2 aromatic rings. The summed E-state index contributed by atoms with van der Waals surface area (Å²) in [6.45, 7) is 9.06. The predicted octanol–water partition coefficient (Wildman–Crippen LogP) is 5.73. The molecule has 0 radical (unpaired) electrons. The lowest BCUT2D eigenvalue weighted by molar-refractivity contribution is -0.161. The van der Waals surface area contributed by atoms with E-state index in [1.54, 1.807) is 20.8 Å². The van der Waals surface area contributed by atoms with Crippen molar-refractivity contribution < 1.29 is 37.7 Å². The van der Waals surface area contributed by atoms with Crippen molar-refractivity contribution in [3.8, 4) is 17.2 Å². The van der Waals surface area contributed by atoms with E-state index in [0.29, 0.717) is 12.8 Å². The average molecular weight is 508 g/mol. The van der Waals surface area contributed by atoms with Crippen LogP contribution < -0.4 is 9.47 Å². The maximum Gasteiger partial charge on any atom is 0.310 e. The van der Waals surface area contributed by atoms with Gasteiger partial charge in [0.15, 0.2) is 34.5 Å². The van der Waals surface area contributed by atoms with Gasteiger partial charge in [0.05, 0.1) is 13.0 Å². The Balaban J connectivity index is 2.23. The minimum absolute atomic E-state index is 0.0976. The third kappa shape index (κ3) is 7.15. The quantitative estimate of drug-likeness (QED) is 0.273.